The standard InChI is InChI=1S/C25H34O2Si/c1-25(2,3)28(23-10-6-4-7-11-23,24-12-8-5-9-13-24)27-20-22-16-14-21(15-17-22)18-19-26/h4-13,19,21-22H,14-18,20H2,1-3H3. The number of aldehydes is 1. The van der Waals surface area contributed by atoms with Crippen molar-refractivity contribution in [3.63, 3.8) is 0 Å². The summed E-state index contributed by atoms with van der Waals surface area (Å²) in [6.07, 6.45) is 6.49. The average Bonchev–Trinajstić information content (AvgIpc) is 2.70. The zero-order valence-corrected chi connectivity index (χ0v) is 18.6. The van der Waals surface area contributed by atoms with Crippen LogP contribution in [-0.2, 0) is 9.22 Å². The highest BCUT2D eigenvalue weighted by Crippen LogP contribution is 2.38. The zero-order chi connectivity index (χ0) is 20.0. The Hall–Kier alpha value is -1.71. The van der Waals surface area contributed by atoms with Crippen LogP contribution in [0.4, 0.5) is 0 Å². The quantitative estimate of drug-likeness (QED) is 0.490. The summed E-state index contributed by atoms with van der Waals surface area (Å²) in [6.45, 7) is 7.82. The van der Waals surface area contributed by atoms with Gasteiger partial charge in [0.25, 0.3) is 8.32 Å². The second-order valence-corrected chi connectivity index (χ2v) is 13.6. The Morgan fingerprint density at radius 1 is 0.857 bits per heavy atom. The molecule has 2 aromatic carbocycles. The van der Waals surface area contributed by atoms with Crippen LogP contribution in [0.25, 0.3) is 0 Å². The van der Waals surface area contributed by atoms with Crippen molar-refractivity contribution in [1.82, 2.24) is 0 Å². The molecule has 28 heavy (non-hydrogen) atoms. The summed E-state index contributed by atoms with van der Waals surface area (Å²) in [5, 5.41) is 2.73. The number of rotatable bonds is 7. The maximum atomic E-state index is 10.8. The third-order valence-electron chi connectivity index (χ3n) is 6.35. The van der Waals surface area contributed by atoms with Crippen molar-refractivity contribution in [2.75, 3.05) is 6.61 Å². The number of benzene rings is 2. The maximum Gasteiger partial charge on any atom is 0.261 e. The van der Waals surface area contributed by atoms with E-state index in [1.807, 2.05) is 0 Å². The summed E-state index contributed by atoms with van der Waals surface area (Å²) in [7, 11) is -2.42. The van der Waals surface area contributed by atoms with Gasteiger partial charge in [0, 0.05) is 13.0 Å². The van der Waals surface area contributed by atoms with Crippen LogP contribution in [0.15, 0.2) is 60.7 Å². The number of hydrogen-bond acceptors (Lipinski definition) is 2. The molecule has 0 aromatic heterocycles. The van der Waals surface area contributed by atoms with E-state index < -0.39 is 8.32 Å². The third-order valence-corrected chi connectivity index (χ3v) is 11.4. The second-order valence-electron chi connectivity index (χ2n) is 9.26. The summed E-state index contributed by atoms with van der Waals surface area (Å²) in [4.78, 5) is 10.8. The predicted octanol–water partition coefficient (Wildman–Crippen LogP) is 4.96. The Balaban J connectivity index is 1.88. The summed E-state index contributed by atoms with van der Waals surface area (Å²) >= 11 is 0. The van der Waals surface area contributed by atoms with Gasteiger partial charge in [-0.15, -0.1) is 0 Å². The largest absolute Gasteiger partial charge is 0.407 e. The van der Waals surface area contributed by atoms with Gasteiger partial charge in [0.15, 0.2) is 0 Å². The molecule has 1 fully saturated rings. The fourth-order valence-electron chi connectivity index (χ4n) is 4.77. The van der Waals surface area contributed by atoms with E-state index in [9.17, 15) is 4.79 Å². The fraction of sp³-hybridized carbons (Fsp3) is 0.480. The molecule has 0 bridgehead atoms. The van der Waals surface area contributed by atoms with Gasteiger partial charge in [0.1, 0.15) is 6.29 Å². The van der Waals surface area contributed by atoms with Crippen molar-refractivity contribution in [1.29, 1.82) is 0 Å². The molecule has 0 heterocycles. The van der Waals surface area contributed by atoms with Crippen LogP contribution in [0, 0.1) is 11.8 Å². The average molecular weight is 395 g/mol. The molecule has 1 aliphatic carbocycles. The molecule has 0 amide bonds. The fourth-order valence-corrected chi connectivity index (χ4v) is 9.42. The predicted molar refractivity (Wildman–Crippen MR) is 120 cm³/mol. The molecule has 3 heteroatoms. The van der Waals surface area contributed by atoms with Gasteiger partial charge in [0.05, 0.1) is 0 Å². The molecule has 1 aliphatic rings. The molecule has 3 rings (SSSR count). The smallest absolute Gasteiger partial charge is 0.261 e. The van der Waals surface area contributed by atoms with Crippen LogP contribution in [0.5, 0.6) is 0 Å². The molecular formula is C25H34O2Si. The highest BCUT2D eigenvalue weighted by atomic mass is 28.4. The molecular weight excluding hydrogens is 360 g/mol. The van der Waals surface area contributed by atoms with Crippen molar-refractivity contribution in [3.05, 3.63) is 60.7 Å². The molecule has 150 valence electrons. The van der Waals surface area contributed by atoms with Crippen LogP contribution >= 0.6 is 0 Å². The summed E-state index contributed by atoms with van der Waals surface area (Å²) in [6, 6.07) is 21.8. The molecule has 0 spiro atoms. The van der Waals surface area contributed by atoms with Crippen molar-refractivity contribution in [2.45, 2.75) is 57.9 Å². The van der Waals surface area contributed by atoms with E-state index in [2.05, 4.69) is 81.4 Å². The lowest BCUT2D eigenvalue weighted by Crippen LogP contribution is -2.66. The molecule has 0 aliphatic heterocycles. The number of carbonyl (C=O) groups is 1. The molecule has 0 saturated heterocycles. The Morgan fingerprint density at radius 3 is 1.75 bits per heavy atom. The van der Waals surface area contributed by atoms with E-state index in [1.54, 1.807) is 0 Å². The summed E-state index contributed by atoms with van der Waals surface area (Å²) < 4.78 is 7.07. The van der Waals surface area contributed by atoms with Gasteiger partial charge in [-0.05, 0) is 52.9 Å². The van der Waals surface area contributed by atoms with Crippen LogP contribution in [0.3, 0.4) is 0 Å². The number of carbonyl (C=O) groups excluding carboxylic acids is 1. The minimum absolute atomic E-state index is 0.0322. The van der Waals surface area contributed by atoms with Gasteiger partial charge >= 0.3 is 0 Å². The minimum atomic E-state index is -2.42. The first-order valence-corrected chi connectivity index (χ1v) is 12.6. The van der Waals surface area contributed by atoms with Crippen molar-refractivity contribution in [3.8, 4) is 0 Å². The zero-order valence-electron chi connectivity index (χ0n) is 17.6. The van der Waals surface area contributed by atoms with E-state index in [0.717, 1.165) is 32.2 Å². The van der Waals surface area contributed by atoms with Crippen molar-refractivity contribution >= 4 is 25.0 Å². The van der Waals surface area contributed by atoms with E-state index in [1.165, 1.54) is 23.2 Å². The highest BCUT2D eigenvalue weighted by molar-refractivity contribution is 6.99. The maximum absolute atomic E-state index is 10.8. The molecule has 2 nitrogen and oxygen atoms in total. The van der Waals surface area contributed by atoms with E-state index in [4.69, 9.17) is 4.43 Å². The first kappa shape index (κ1) is 21.0. The van der Waals surface area contributed by atoms with Gasteiger partial charge in [-0.1, -0.05) is 81.4 Å². The topological polar surface area (TPSA) is 26.3 Å². The Morgan fingerprint density at radius 2 is 1.32 bits per heavy atom. The van der Waals surface area contributed by atoms with Crippen LogP contribution in [0.2, 0.25) is 5.04 Å². The third kappa shape index (κ3) is 4.47. The second kappa shape index (κ2) is 9.19. The van der Waals surface area contributed by atoms with Crippen molar-refractivity contribution in [2.24, 2.45) is 11.8 Å². The Bertz CT molecular complexity index is 689. The van der Waals surface area contributed by atoms with Crippen LogP contribution in [0.1, 0.15) is 52.9 Å². The summed E-state index contributed by atoms with van der Waals surface area (Å²) in [5.41, 5.74) is 0. The van der Waals surface area contributed by atoms with E-state index in [-0.39, 0.29) is 5.04 Å². The van der Waals surface area contributed by atoms with Crippen molar-refractivity contribution < 1.29 is 9.22 Å². The lowest BCUT2D eigenvalue weighted by Gasteiger charge is -2.44. The normalized spacial score (nSPS) is 20.7. The molecule has 0 atom stereocenters. The molecule has 0 unspecified atom stereocenters. The van der Waals surface area contributed by atoms with Gasteiger partial charge in [-0.25, -0.2) is 0 Å². The lowest BCUT2D eigenvalue weighted by molar-refractivity contribution is -0.108. The van der Waals surface area contributed by atoms with E-state index in [0.29, 0.717) is 11.8 Å². The molecule has 1 saturated carbocycles. The summed E-state index contributed by atoms with van der Waals surface area (Å²) in [5.74, 6) is 1.19. The monoisotopic (exact) mass is 394 g/mol. The van der Waals surface area contributed by atoms with Crippen LogP contribution < -0.4 is 10.4 Å². The molecule has 0 radical (unpaired) electrons. The SMILES string of the molecule is CC(C)(C)[Si](OCC1CCC(CC=O)CC1)(c1ccccc1)c1ccccc1. The van der Waals surface area contributed by atoms with E-state index >= 15 is 0 Å². The number of hydrogen-bond donors (Lipinski definition) is 0. The molecule has 2 aromatic rings. The first-order valence-electron chi connectivity index (χ1n) is 10.7. The van der Waals surface area contributed by atoms with Crippen LogP contribution in [-0.4, -0.2) is 21.2 Å². The first-order chi connectivity index (χ1) is 13.5. The highest BCUT2D eigenvalue weighted by Gasteiger charge is 2.50. The lowest BCUT2D eigenvalue weighted by atomic mass is 9.81. The Kier molecular flexibility index (Phi) is 6.89. The minimum Gasteiger partial charge on any atom is -0.407 e. The van der Waals surface area contributed by atoms with Gasteiger partial charge in [-0.2, -0.15) is 0 Å². The Labute approximate surface area is 171 Å². The van der Waals surface area contributed by atoms with Gasteiger partial charge < -0.3 is 9.22 Å². The molecule has 0 N–H and O–H groups in total. The van der Waals surface area contributed by atoms with Gasteiger partial charge in [0.2, 0.25) is 0 Å². The van der Waals surface area contributed by atoms with Gasteiger partial charge in [-0.3, -0.25) is 0 Å².